The van der Waals surface area contributed by atoms with Crippen molar-refractivity contribution in [1.29, 1.82) is 0 Å². The first-order valence-electron chi connectivity index (χ1n) is 6.51. The van der Waals surface area contributed by atoms with E-state index >= 15 is 0 Å². The molecule has 2 aromatic carbocycles. The summed E-state index contributed by atoms with van der Waals surface area (Å²) < 4.78 is 6.42. The van der Waals surface area contributed by atoms with Crippen LogP contribution in [0.15, 0.2) is 40.9 Å². The molecule has 0 atom stereocenters. The van der Waals surface area contributed by atoms with Crippen LogP contribution in [0.2, 0.25) is 0 Å². The number of carbonyl (C=O) groups excluding carboxylic acids is 1. The molecule has 5 heteroatoms. The highest BCUT2D eigenvalue weighted by Gasteiger charge is 2.10. The fraction of sp³-hybridized carbons (Fsp3) is 0.188. The highest BCUT2D eigenvalue weighted by Crippen LogP contribution is 2.30. The Kier molecular flexibility index (Phi) is 4.85. The highest BCUT2D eigenvalue weighted by molar-refractivity contribution is 9.10. The lowest BCUT2D eigenvalue weighted by atomic mass is 10.2. The van der Waals surface area contributed by atoms with Crippen LogP contribution in [0.5, 0.6) is 5.75 Å². The van der Waals surface area contributed by atoms with Gasteiger partial charge in [-0.1, -0.05) is 34.1 Å². The minimum Gasteiger partial charge on any atom is -0.481 e. The average Bonchev–Trinajstić information content (AvgIpc) is 2.40. The van der Waals surface area contributed by atoms with Gasteiger partial charge in [-0.25, -0.2) is 0 Å². The number of aryl methyl sites for hydroxylation is 2. The monoisotopic (exact) mass is 348 g/mol. The summed E-state index contributed by atoms with van der Waals surface area (Å²) in [6.45, 7) is 3.74. The van der Waals surface area contributed by atoms with Crippen LogP contribution in [0.25, 0.3) is 0 Å². The van der Waals surface area contributed by atoms with Crippen LogP contribution in [0.1, 0.15) is 11.1 Å². The van der Waals surface area contributed by atoms with Crippen molar-refractivity contribution in [2.75, 3.05) is 17.7 Å². The van der Waals surface area contributed by atoms with Gasteiger partial charge in [-0.2, -0.15) is 0 Å². The second-order valence-electron chi connectivity index (χ2n) is 4.79. The van der Waals surface area contributed by atoms with Gasteiger partial charge in [-0.15, -0.1) is 0 Å². The third kappa shape index (κ3) is 3.98. The summed E-state index contributed by atoms with van der Waals surface area (Å²) in [5.74, 6) is 0.323. The normalized spacial score (nSPS) is 10.2. The molecule has 0 aliphatic carbocycles. The number of nitrogen functional groups attached to an aromatic ring is 1. The lowest BCUT2D eigenvalue weighted by Crippen LogP contribution is -2.21. The van der Waals surface area contributed by atoms with Crippen molar-refractivity contribution in [3.05, 3.63) is 52.0 Å². The average molecular weight is 349 g/mol. The van der Waals surface area contributed by atoms with E-state index in [2.05, 4.69) is 21.2 Å². The number of benzene rings is 2. The summed E-state index contributed by atoms with van der Waals surface area (Å²) in [5, 5.41) is 2.82. The SMILES string of the molecule is Cc1ccccc1NC(=O)COc1c(C)cc(Br)cc1N. The molecule has 0 spiro atoms. The molecule has 110 valence electrons. The predicted molar refractivity (Wildman–Crippen MR) is 88.6 cm³/mol. The second-order valence-corrected chi connectivity index (χ2v) is 5.71. The van der Waals surface area contributed by atoms with Crippen LogP contribution in [-0.4, -0.2) is 12.5 Å². The zero-order valence-electron chi connectivity index (χ0n) is 11.9. The molecule has 2 rings (SSSR count). The molecular weight excluding hydrogens is 332 g/mol. The van der Waals surface area contributed by atoms with Crippen LogP contribution in [0, 0.1) is 13.8 Å². The van der Waals surface area contributed by atoms with E-state index in [-0.39, 0.29) is 12.5 Å². The van der Waals surface area contributed by atoms with Gasteiger partial charge < -0.3 is 15.8 Å². The molecule has 0 saturated heterocycles. The molecule has 0 heterocycles. The van der Waals surface area contributed by atoms with Crippen molar-refractivity contribution in [2.45, 2.75) is 13.8 Å². The van der Waals surface area contributed by atoms with Gasteiger partial charge in [0.15, 0.2) is 6.61 Å². The number of nitrogens with two attached hydrogens (primary N) is 1. The van der Waals surface area contributed by atoms with E-state index in [0.717, 1.165) is 21.3 Å². The van der Waals surface area contributed by atoms with E-state index in [0.29, 0.717) is 11.4 Å². The highest BCUT2D eigenvalue weighted by atomic mass is 79.9. The number of rotatable bonds is 4. The molecule has 0 aromatic heterocycles. The van der Waals surface area contributed by atoms with Crippen LogP contribution >= 0.6 is 15.9 Å². The van der Waals surface area contributed by atoms with Crippen LogP contribution in [0.3, 0.4) is 0 Å². The predicted octanol–water partition coefficient (Wildman–Crippen LogP) is 3.67. The second kappa shape index (κ2) is 6.63. The van der Waals surface area contributed by atoms with Crippen LogP contribution in [0.4, 0.5) is 11.4 Å². The van der Waals surface area contributed by atoms with E-state index in [9.17, 15) is 4.79 Å². The van der Waals surface area contributed by atoms with Gasteiger partial charge in [0, 0.05) is 10.2 Å². The molecule has 0 bridgehead atoms. The Labute approximate surface area is 132 Å². The summed E-state index contributed by atoms with van der Waals surface area (Å²) in [7, 11) is 0. The van der Waals surface area contributed by atoms with Crippen molar-refractivity contribution >= 4 is 33.2 Å². The van der Waals surface area contributed by atoms with E-state index in [1.54, 1.807) is 6.07 Å². The molecule has 3 N–H and O–H groups in total. The Balaban J connectivity index is 2.01. The van der Waals surface area contributed by atoms with E-state index < -0.39 is 0 Å². The number of ether oxygens (including phenoxy) is 1. The Morgan fingerprint density at radius 2 is 1.95 bits per heavy atom. The van der Waals surface area contributed by atoms with Gasteiger partial charge in [0.1, 0.15) is 5.75 Å². The minimum atomic E-state index is -0.217. The Bertz CT molecular complexity index is 648. The number of para-hydroxylation sites is 1. The fourth-order valence-corrected chi connectivity index (χ4v) is 2.58. The lowest BCUT2D eigenvalue weighted by molar-refractivity contribution is -0.118. The van der Waals surface area contributed by atoms with Crippen molar-refractivity contribution in [1.82, 2.24) is 0 Å². The maximum atomic E-state index is 11.9. The van der Waals surface area contributed by atoms with Crippen molar-refractivity contribution in [3.63, 3.8) is 0 Å². The molecule has 0 unspecified atom stereocenters. The van der Waals surface area contributed by atoms with Crippen molar-refractivity contribution in [3.8, 4) is 5.75 Å². The molecule has 21 heavy (non-hydrogen) atoms. The number of hydrogen-bond donors (Lipinski definition) is 2. The number of carbonyl (C=O) groups is 1. The number of amides is 1. The first-order chi connectivity index (χ1) is 9.97. The fourth-order valence-electron chi connectivity index (χ4n) is 1.99. The number of nitrogens with one attached hydrogen (secondary N) is 1. The van der Waals surface area contributed by atoms with Crippen LogP contribution in [-0.2, 0) is 4.79 Å². The standard InChI is InChI=1S/C16H17BrN2O2/c1-10-5-3-4-6-14(10)19-15(20)9-21-16-11(2)7-12(17)8-13(16)18/h3-8H,9,18H2,1-2H3,(H,19,20). The van der Waals surface area contributed by atoms with Gasteiger partial charge in [-0.3, -0.25) is 4.79 Å². The van der Waals surface area contributed by atoms with Crippen molar-refractivity contribution in [2.24, 2.45) is 0 Å². The van der Waals surface area contributed by atoms with Gasteiger partial charge >= 0.3 is 0 Å². The summed E-state index contributed by atoms with van der Waals surface area (Å²) in [6.07, 6.45) is 0. The largest absolute Gasteiger partial charge is 0.481 e. The number of anilines is 2. The first kappa shape index (κ1) is 15.4. The molecule has 0 fully saturated rings. The minimum absolute atomic E-state index is 0.0823. The molecular formula is C16H17BrN2O2. The quantitative estimate of drug-likeness (QED) is 0.828. The maximum Gasteiger partial charge on any atom is 0.262 e. The molecule has 2 aromatic rings. The molecule has 1 amide bonds. The van der Waals surface area contributed by atoms with Gasteiger partial charge in [-0.05, 0) is 43.2 Å². The summed E-state index contributed by atoms with van der Waals surface area (Å²) in [6, 6.07) is 11.2. The summed E-state index contributed by atoms with van der Waals surface area (Å²) in [4.78, 5) is 11.9. The zero-order chi connectivity index (χ0) is 15.4. The molecule has 0 aliphatic rings. The third-order valence-corrected chi connectivity index (χ3v) is 3.49. The molecule has 4 nitrogen and oxygen atoms in total. The number of hydrogen-bond acceptors (Lipinski definition) is 3. The molecule has 0 saturated carbocycles. The Morgan fingerprint density at radius 3 is 2.62 bits per heavy atom. The zero-order valence-corrected chi connectivity index (χ0v) is 13.5. The summed E-state index contributed by atoms with van der Waals surface area (Å²) in [5.41, 5.74) is 9.07. The third-order valence-electron chi connectivity index (χ3n) is 3.03. The van der Waals surface area contributed by atoms with Gasteiger partial charge in [0.25, 0.3) is 5.91 Å². The maximum absolute atomic E-state index is 11.9. The summed E-state index contributed by atoms with van der Waals surface area (Å²) >= 11 is 3.36. The number of halogens is 1. The van der Waals surface area contributed by atoms with E-state index in [4.69, 9.17) is 10.5 Å². The van der Waals surface area contributed by atoms with Crippen LogP contribution < -0.4 is 15.8 Å². The first-order valence-corrected chi connectivity index (χ1v) is 7.30. The Morgan fingerprint density at radius 1 is 1.24 bits per heavy atom. The van der Waals surface area contributed by atoms with E-state index in [1.807, 2.05) is 44.2 Å². The topological polar surface area (TPSA) is 64.3 Å². The molecule has 0 radical (unpaired) electrons. The van der Waals surface area contributed by atoms with Gasteiger partial charge in [0.2, 0.25) is 0 Å². The Hall–Kier alpha value is -2.01. The lowest BCUT2D eigenvalue weighted by Gasteiger charge is -2.13. The molecule has 0 aliphatic heterocycles. The van der Waals surface area contributed by atoms with E-state index in [1.165, 1.54) is 0 Å². The van der Waals surface area contributed by atoms with Gasteiger partial charge in [0.05, 0.1) is 5.69 Å². The smallest absolute Gasteiger partial charge is 0.262 e. The van der Waals surface area contributed by atoms with Crippen molar-refractivity contribution < 1.29 is 9.53 Å².